The van der Waals surface area contributed by atoms with Gasteiger partial charge in [-0.3, -0.25) is 0 Å². The highest BCUT2D eigenvalue weighted by molar-refractivity contribution is 5.88. The molecule has 0 saturated heterocycles. The molecule has 13 heavy (non-hydrogen) atoms. The van der Waals surface area contributed by atoms with Crippen molar-refractivity contribution in [2.24, 2.45) is 5.73 Å². The first-order chi connectivity index (χ1) is 6.26. The van der Waals surface area contributed by atoms with Crippen LogP contribution < -0.4 is 16.4 Å². The molecular weight excluding hydrogens is 166 g/mol. The summed E-state index contributed by atoms with van der Waals surface area (Å²) in [4.78, 5) is 10.9. The average Bonchev–Trinajstić information content (AvgIpc) is 2.19. The Morgan fingerprint density at radius 3 is 2.46 bits per heavy atom. The summed E-state index contributed by atoms with van der Waals surface area (Å²) in [6, 6.07) is 7.17. The van der Waals surface area contributed by atoms with E-state index in [1.54, 1.807) is 7.05 Å². The van der Waals surface area contributed by atoms with E-state index >= 15 is 0 Å². The third-order valence-electron chi connectivity index (χ3n) is 1.67. The molecule has 1 aromatic rings. The SMILES string of the molecule is CNC(=O)Nc1ccc(CN)cc1. The molecule has 1 aromatic carbocycles. The molecule has 4 heteroatoms. The summed E-state index contributed by atoms with van der Waals surface area (Å²) in [5, 5.41) is 5.12. The van der Waals surface area contributed by atoms with Gasteiger partial charge in [-0.25, -0.2) is 4.79 Å². The second-order valence-corrected chi connectivity index (χ2v) is 2.61. The lowest BCUT2D eigenvalue weighted by atomic mass is 10.2. The summed E-state index contributed by atoms with van der Waals surface area (Å²) in [5.41, 5.74) is 7.23. The Morgan fingerprint density at radius 1 is 1.38 bits per heavy atom. The van der Waals surface area contributed by atoms with E-state index in [0.717, 1.165) is 11.3 Å². The minimum absolute atomic E-state index is 0.222. The zero-order chi connectivity index (χ0) is 9.68. The van der Waals surface area contributed by atoms with Gasteiger partial charge < -0.3 is 16.4 Å². The van der Waals surface area contributed by atoms with E-state index in [2.05, 4.69) is 10.6 Å². The number of nitrogens with two attached hydrogens (primary N) is 1. The van der Waals surface area contributed by atoms with Crippen LogP contribution in [0.4, 0.5) is 10.5 Å². The molecule has 1 rings (SSSR count). The van der Waals surface area contributed by atoms with Crippen LogP contribution in [0.3, 0.4) is 0 Å². The molecule has 0 saturated carbocycles. The first kappa shape index (κ1) is 9.54. The van der Waals surface area contributed by atoms with E-state index in [4.69, 9.17) is 5.73 Å². The molecule has 0 aliphatic heterocycles. The minimum atomic E-state index is -0.222. The summed E-state index contributed by atoms with van der Waals surface area (Å²) in [5.74, 6) is 0. The molecule has 0 spiro atoms. The largest absolute Gasteiger partial charge is 0.341 e. The standard InChI is InChI=1S/C9H13N3O/c1-11-9(13)12-8-4-2-7(6-10)3-5-8/h2-5H,6,10H2,1H3,(H2,11,12,13). The van der Waals surface area contributed by atoms with Gasteiger partial charge in [-0.2, -0.15) is 0 Å². The third kappa shape index (κ3) is 2.76. The Labute approximate surface area is 77.1 Å². The van der Waals surface area contributed by atoms with E-state index in [1.165, 1.54) is 0 Å². The van der Waals surface area contributed by atoms with Crippen LogP contribution in [-0.2, 0) is 6.54 Å². The third-order valence-corrected chi connectivity index (χ3v) is 1.67. The van der Waals surface area contributed by atoms with Crippen LogP contribution in [0.1, 0.15) is 5.56 Å². The molecule has 4 nitrogen and oxygen atoms in total. The van der Waals surface area contributed by atoms with E-state index < -0.39 is 0 Å². The van der Waals surface area contributed by atoms with Crippen molar-refractivity contribution in [2.45, 2.75) is 6.54 Å². The molecule has 4 N–H and O–H groups in total. The zero-order valence-corrected chi connectivity index (χ0v) is 7.50. The van der Waals surface area contributed by atoms with Gasteiger partial charge >= 0.3 is 6.03 Å². The molecule has 2 amide bonds. The normalized spacial score (nSPS) is 9.38. The highest BCUT2D eigenvalue weighted by atomic mass is 16.2. The monoisotopic (exact) mass is 179 g/mol. The summed E-state index contributed by atoms with van der Waals surface area (Å²) in [7, 11) is 1.57. The molecule has 0 radical (unpaired) electrons. The first-order valence-electron chi connectivity index (χ1n) is 4.04. The number of nitrogens with one attached hydrogen (secondary N) is 2. The van der Waals surface area contributed by atoms with Crippen LogP contribution in [0, 0.1) is 0 Å². The fourth-order valence-corrected chi connectivity index (χ4v) is 0.918. The number of carbonyl (C=O) groups excluding carboxylic acids is 1. The minimum Gasteiger partial charge on any atom is -0.341 e. The Morgan fingerprint density at radius 2 is 2.00 bits per heavy atom. The van der Waals surface area contributed by atoms with E-state index in [-0.39, 0.29) is 6.03 Å². The molecule has 0 aliphatic carbocycles. The molecule has 0 bridgehead atoms. The first-order valence-corrected chi connectivity index (χ1v) is 4.04. The van der Waals surface area contributed by atoms with Gasteiger partial charge in [-0.05, 0) is 17.7 Å². The van der Waals surface area contributed by atoms with Crippen LogP contribution in [0.25, 0.3) is 0 Å². The number of rotatable bonds is 2. The molecular formula is C9H13N3O. The summed E-state index contributed by atoms with van der Waals surface area (Å²) in [6.45, 7) is 0.514. The zero-order valence-electron chi connectivity index (χ0n) is 7.50. The number of hydrogen-bond acceptors (Lipinski definition) is 2. The smallest absolute Gasteiger partial charge is 0.318 e. The van der Waals surface area contributed by atoms with Crippen molar-refractivity contribution in [3.8, 4) is 0 Å². The maximum atomic E-state index is 10.9. The summed E-state index contributed by atoms with van der Waals surface area (Å²) < 4.78 is 0. The van der Waals surface area contributed by atoms with Crippen LogP contribution in [0.15, 0.2) is 24.3 Å². The van der Waals surface area contributed by atoms with Crippen molar-refractivity contribution in [1.82, 2.24) is 5.32 Å². The number of carbonyl (C=O) groups is 1. The highest BCUT2D eigenvalue weighted by Gasteiger charge is 1.97. The second kappa shape index (κ2) is 4.47. The maximum absolute atomic E-state index is 10.9. The van der Waals surface area contributed by atoms with Crippen LogP contribution in [-0.4, -0.2) is 13.1 Å². The van der Waals surface area contributed by atoms with Gasteiger partial charge in [0.05, 0.1) is 0 Å². The van der Waals surface area contributed by atoms with Gasteiger partial charge in [0.25, 0.3) is 0 Å². The van der Waals surface area contributed by atoms with E-state index in [1.807, 2.05) is 24.3 Å². The van der Waals surface area contributed by atoms with Crippen LogP contribution in [0.5, 0.6) is 0 Å². The lowest BCUT2D eigenvalue weighted by molar-refractivity contribution is 0.254. The maximum Gasteiger partial charge on any atom is 0.318 e. The highest BCUT2D eigenvalue weighted by Crippen LogP contribution is 2.08. The predicted molar refractivity (Wildman–Crippen MR) is 52.4 cm³/mol. The fourth-order valence-electron chi connectivity index (χ4n) is 0.918. The lowest BCUT2D eigenvalue weighted by Gasteiger charge is -2.04. The van der Waals surface area contributed by atoms with Crippen molar-refractivity contribution in [3.05, 3.63) is 29.8 Å². The van der Waals surface area contributed by atoms with Crippen molar-refractivity contribution in [2.75, 3.05) is 12.4 Å². The number of amides is 2. The average molecular weight is 179 g/mol. The molecule has 70 valence electrons. The topological polar surface area (TPSA) is 67.2 Å². The Hall–Kier alpha value is -1.55. The van der Waals surface area contributed by atoms with Gasteiger partial charge in [-0.1, -0.05) is 12.1 Å². The fraction of sp³-hybridized carbons (Fsp3) is 0.222. The van der Waals surface area contributed by atoms with Crippen LogP contribution >= 0.6 is 0 Å². The van der Waals surface area contributed by atoms with Gasteiger partial charge in [0.1, 0.15) is 0 Å². The van der Waals surface area contributed by atoms with Gasteiger partial charge in [0.2, 0.25) is 0 Å². The Bertz CT molecular complexity index is 281. The molecule has 0 aliphatic rings. The molecule has 0 unspecified atom stereocenters. The molecule has 0 fully saturated rings. The predicted octanol–water partition coefficient (Wildman–Crippen LogP) is 0.897. The van der Waals surface area contributed by atoms with E-state index in [0.29, 0.717) is 6.54 Å². The van der Waals surface area contributed by atoms with Gasteiger partial charge in [0.15, 0.2) is 0 Å². The Balaban J connectivity index is 2.64. The molecule has 0 aromatic heterocycles. The lowest BCUT2D eigenvalue weighted by Crippen LogP contribution is -2.24. The number of urea groups is 1. The van der Waals surface area contributed by atoms with Crippen LogP contribution in [0.2, 0.25) is 0 Å². The van der Waals surface area contributed by atoms with Crippen molar-refractivity contribution >= 4 is 11.7 Å². The summed E-state index contributed by atoms with van der Waals surface area (Å²) in [6.07, 6.45) is 0. The number of benzene rings is 1. The van der Waals surface area contributed by atoms with Gasteiger partial charge in [-0.15, -0.1) is 0 Å². The second-order valence-electron chi connectivity index (χ2n) is 2.61. The van der Waals surface area contributed by atoms with Gasteiger partial charge in [0, 0.05) is 19.3 Å². The molecule has 0 heterocycles. The quantitative estimate of drug-likeness (QED) is 0.631. The summed E-state index contributed by atoms with van der Waals surface area (Å²) >= 11 is 0. The van der Waals surface area contributed by atoms with E-state index in [9.17, 15) is 4.79 Å². The Kier molecular flexibility index (Phi) is 3.28. The number of hydrogen-bond donors (Lipinski definition) is 3. The van der Waals surface area contributed by atoms with Crippen molar-refractivity contribution in [3.63, 3.8) is 0 Å². The van der Waals surface area contributed by atoms with Crippen molar-refractivity contribution in [1.29, 1.82) is 0 Å². The van der Waals surface area contributed by atoms with Crippen molar-refractivity contribution < 1.29 is 4.79 Å². The number of anilines is 1. The molecule has 0 atom stereocenters.